The molecule has 0 amide bonds. The number of phenols is 1. The predicted molar refractivity (Wildman–Crippen MR) is 78.3 cm³/mol. The van der Waals surface area contributed by atoms with E-state index in [9.17, 15) is 8.42 Å². The van der Waals surface area contributed by atoms with Gasteiger partial charge in [-0.1, -0.05) is 23.7 Å². The number of nitrogens with one attached hydrogen (secondary N) is 1. The minimum absolute atomic E-state index is 0.00717. The summed E-state index contributed by atoms with van der Waals surface area (Å²) in [5.74, 6) is 0.108. The van der Waals surface area contributed by atoms with Crippen LogP contribution >= 0.6 is 11.6 Å². The summed E-state index contributed by atoms with van der Waals surface area (Å²) in [5.41, 5.74) is 0.985. The highest BCUT2D eigenvalue weighted by Crippen LogP contribution is 2.22. The number of hydrogen-bond acceptors (Lipinski definition) is 4. The molecule has 0 aliphatic heterocycles. The summed E-state index contributed by atoms with van der Waals surface area (Å²) < 4.78 is 26.7. The fourth-order valence-corrected chi connectivity index (χ4v) is 3.22. The fourth-order valence-electron chi connectivity index (χ4n) is 1.66. The normalized spacial score (nSPS) is 11.0. The van der Waals surface area contributed by atoms with E-state index in [1.165, 1.54) is 30.3 Å². The van der Waals surface area contributed by atoms with E-state index in [0.29, 0.717) is 5.56 Å². The second-order valence-electron chi connectivity index (χ2n) is 4.25. The van der Waals surface area contributed by atoms with E-state index >= 15 is 0 Å². The van der Waals surface area contributed by atoms with E-state index in [0.717, 1.165) is 0 Å². The van der Waals surface area contributed by atoms with Gasteiger partial charge in [0.15, 0.2) is 0 Å². The lowest BCUT2D eigenvalue weighted by Crippen LogP contribution is -2.23. The van der Waals surface area contributed by atoms with Crippen molar-refractivity contribution in [1.29, 1.82) is 5.26 Å². The molecule has 0 saturated carbocycles. The van der Waals surface area contributed by atoms with Crippen LogP contribution in [-0.2, 0) is 16.6 Å². The summed E-state index contributed by atoms with van der Waals surface area (Å²) in [6.07, 6.45) is 0. The Balaban J connectivity index is 2.19. The van der Waals surface area contributed by atoms with Gasteiger partial charge < -0.3 is 5.11 Å². The van der Waals surface area contributed by atoms with Crippen molar-refractivity contribution in [3.05, 3.63) is 58.6 Å². The molecule has 0 aromatic heterocycles. The monoisotopic (exact) mass is 322 g/mol. The summed E-state index contributed by atoms with van der Waals surface area (Å²) in [6, 6.07) is 12.0. The molecule has 2 aromatic rings. The first-order chi connectivity index (χ1) is 9.92. The van der Waals surface area contributed by atoms with Crippen LogP contribution < -0.4 is 4.72 Å². The largest absolute Gasteiger partial charge is 0.508 e. The van der Waals surface area contributed by atoms with E-state index in [4.69, 9.17) is 22.0 Å². The molecule has 108 valence electrons. The number of rotatable bonds is 4. The van der Waals surface area contributed by atoms with Gasteiger partial charge in [0.05, 0.1) is 16.7 Å². The maximum Gasteiger partial charge on any atom is 0.242 e. The Morgan fingerprint density at radius 3 is 2.43 bits per heavy atom. The maximum absolute atomic E-state index is 12.2. The molecule has 2 N–H and O–H groups in total. The van der Waals surface area contributed by atoms with Crippen LogP contribution in [0.25, 0.3) is 0 Å². The molecule has 2 aromatic carbocycles. The van der Waals surface area contributed by atoms with Gasteiger partial charge in [-0.05, 0) is 35.9 Å². The lowest BCUT2D eigenvalue weighted by atomic mass is 10.2. The number of halogens is 1. The SMILES string of the molecule is N#Cc1ccc(S(=O)(=O)NCc2ccc(O)cc2)c(Cl)c1. The number of aromatic hydroxyl groups is 1. The fraction of sp³-hybridized carbons (Fsp3) is 0.0714. The van der Waals surface area contributed by atoms with Gasteiger partial charge in [-0.3, -0.25) is 0 Å². The van der Waals surface area contributed by atoms with Gasteiger partial charge in [0, 0.05) is 6.54 Å². The molecule has 0 atom stereocenters. The summed E-state index contributed by atoms with van der Waals surface area (Å²) in [4.78, 5) is -0.0815. The van der Waals surface area contributed by atoms with Gasteiger partial charge in [0.2, 0.25) is 10.0 Å². The van der Waals surface area contributed by atoms with E-state index < -0.39 is 10.0 Å². The molecule has 0 aliphatic carbocycles. The highest BCUT2D eigenvalue weighted by molar-refractivity contribution is 7.89. The average molecular weight is 323 g/mol. The molecule has 5 nitrogen and oxygen atoms in total. The van der Waals surface area contributed by atoms with Crippen LogP contribution in [0, 0.1) is 11.3 Å². The minimum Gasteiger partial charge on any atom is -0.508 e. The van der Waals surface area contributed by atoms with Gasteiger partial charge in [-0.25, -0.2) is 13.1 Å². The molecule has 0 spiro atoms. The number of benzene rings is 2. The van der Waals surface area contributed by atoms with Crippen molar-refractivity contribution in [2.75, 3.05) is 0 Å². The summed E-state index contributed by atoms with van der Waals surface area (Å²) in [5, 5.41) is 17.9. The van der Waals surface area contributed by atoms with E-state index in [2.05, 4.69) is 4.72 Å². The Morgan fingerprint density at radius 2 is 1.86 bits per heavy atom. The Bertz CT molecular complexity index is 796. The number of sulfonamides is 1. The summed E-state index contributed by atoms with van der Waals surface area (Å²) >= 11 is 5.89. The minimum atomic E-state index is -3.78. The zero-order valence-corrected chi connectivity index (χ0v) is 12.3. The topological polar surface area (TPSA) is 90.2 Å². The van der Waals surface area contributed by atoms with E-state index in [-0.39, 0.29) is 27.8 Å². The molecule has 0 unspecified atom stereocenters. The third kappa shape index (κ3) is 3.73. The quantitative estimate of drug-likeness (QED) is 0.904. The van der Waals surface area contributed by atoms with Crippen molar-refractivity contribution in [2.45, 2.75) is 11.4 Å². The first-order valence-corrected chi connectivity index (χ1v) is 7.76. The summed E-state index contributed by atoms with van der Waals surface area (Å²) in [7, 11) is -3.78. The van der Waals surface area contributed by atoms with Crippen LogP contribution in [0.5, 0.6) is 5.75 Å². The highest BCUT2D eigenvalue weighted by atomic mass is 35.5. The van der Waals surface area contributed by atoms with Gasteiger partial charge in [-0.15, -0.1) is 0 Å². The van der Waals surface area contributed by atoms with Gasteiger partial charge >= 0.3 is 0 Å². The molecular weight excluding hydrogens is 312 g/mol. The first kappa shape index (κ1) is 15.3. The Hall–Kier alpha value is -2.07. The molecule has 2 rings (SSSR count). The van der Waals surface area contributed by atoms with Crippen LogP contribution in [0.2, 0.25) is 5.02 Å². The average Bonchev–Trinajstić information content (AvgIpc) is 2.46. The van der Waals surface area contributed by atoms with Gasteiger partial charge in [-0.2, -0.15) is 5.26 Å². The smallest absolute Gasteiger partial charge is 0.242 e. The molecule has 0 radical (unpaired) electrons. The number of nitrogens with zero attached hydrogens (tertiary/aromatic N) is 1. The van der Waals surface area contributed by atoms with Crippen LogP contribution in [0.15, 0.2) is 47.4 Å². The van der Waals surface area contributed by atoms with Crippen molar-refractivity contribution >= 4 is 21.6 Å². The van der Waals surface area contributed by atoms with Crippen molar-refractivity contribution < 1.29 is 13.5 Å². The third-order valence-corrected chi connectivity index (χ3v) is 4.64. The molecular formula is C14H11ClN2O3S. The third-order valence-electron chi connectivity index (χ3n) is 2.75. The van der Waals surface area contributed by atoms with Crippen molar-refractivity contribution in [2.24, 2.45) is 0 Å². The Morgan fingerprint density at radius 1 is 1.19 bits per heavy atom. The van der Waals surface area contributed by atoms with E-state index in [1.807, 2.05) is 6.07 Å². The second-order valence-corrected chi connectivity index (χ2v) is 6.39. The highest BCUT2D eigenvalue weighted by Gasteiger charge is 2.17. The standard InChI is InChI=1S/C14H11ClN2O3S/c15-13-7-11(8-16)3-6-14(13)21(19,20)17-9-10-1-4-12(18)5-2-10/h1-7,17-18H,9H2. The van der Waals surface area contributed by atoms with Crippen molar-refractivity contribution in [3.63, 3.8) is 0 Å². The van der Waals surface area contributed by atoms with Crippen LogP contribution in [-0.4, -0.2) is 13.5 Å². The molecule has 0 heterocycles. The van der Waals surface area contributed by atoms with E-state index in [1.54, 1.807) is 12.1 Å². The lowest BCUT2D eigenvalue weighted by Gasteiger charge is -2.08. The summed E-state index contributed by atoms with van der Waals surface area (Å²) in [6.45, 7) is 0.0684. The van der Waals surface area contributed by atoms with Crippen LogP contribution in [0.1, 0.15) is 11.1 Å². The molecule has 0 fully saturated rings. The Kier molecular flexibility index (Phi) is 4.48. The maximum atomic E-state index is 12.2. The molecule has 0 aliphatic rings. The Labute approximate surface area is 127 Å². The predicted octanol–water partition coefficient (Wildman–Crippen LogP) is 2.40. The molecule has 21 heavy (non-hydrogen) atoms. The van der Waals surface area contributed by atoms with Crippen molar-refractivity contribution in [1.82, 2.24) is 4.72 Å². The zero-order chi connectivity index (χ0) is 15.5. The number of hydrogen-bond donors (Lipinski definition) is 2. The second kappa shape index (κ2) is 6.14. The first-order valence-electron chi connectivity index (χ1n) is 5.89. The molecule has 0 bridgehead atoms. The molecule has 7 heteroatoms. The van der Waals surface area contributed by atoms with Gasteiger partial charge in [0.1, 0.15) is 10.6 Å². The lowest BCUT2D eigenvalue weighted by molar-refractivity contribution is 0.475. The zero-order valence-electron chi connectivity index (χ0n) is 10.7. The van der Waals surface area contributed by atoms with Crippen molar-refractivity contribution in [3.8, 4) is 11.8 Å². The number of nitriles is 1. The number of phenolic OH excluding ortho intramolecular Hbond substituents is 1. The molecule has 0 saturated heterocycles. The van der Waals surface area contributed by atoms with Crippen LogP contribution in [0.3, 0.4) is 0 Å². The van der Waals surface area contributed by atoms with Crippen LogP contribution in [0.4, 0.5) is 0 Å². The van der Waals surface area contributed by atoms with Gasteiger partial charge in [0.25, 0.3) is 0 Å².